The lowest BCUT2D eigenvalue weighted by atomic mass is 9.97. The van der Waals surface area contributed by atoms with E-state index in [4.69, 9.17) is 5.84 Å². The molecular weight excluding hydrogens is 260 g/mol. The van der Waals surface area contributed by atoms with E-state index in [1.807, 2.05) is 36.0 Å². The summed E-state index contributed by atoms with van der Waals surface area (Å²) >= 11 is 0. The number of rotatable bonds is 4. The van der Waals surface area contributed by atoms with Crippen molar-refractivity contribution in [1.82, 2.24) is 15.2 Å². The molecule has 0 radical (unpaired) electrons. The monoisotopic (exact) mass is 280 g/mol. The van der Waals surface area contributed by atoms with Crippen LogP contribution in [0, 0.1) is 6.92 Å². The molecule has 0 aliphatic carbocycles. The van der Waals surface area contributed by atoms with Crippen LogP contribution in [-0.2, 0) is 13.5 Å². The van der Waals surface area contributed by atoms with Gasteiger partial charge in [-0.2, -0.15) is 5.10 Å². The van der Waals surface area contributed by atoms with Crippen molar-refractivity contribution in [2.75, 3.05) is 0 Å². The average Bonchev–Trinajstić information content (AvgIpc) is 2.82. The van der Waals surface area contributed by atoms with Crippen molar-refractivity contribution in [2.24, 2.45) is 12.9 Å². The van der Waals surface area contributed by atoms with Gasteiger partial charge in [0.2, 0.25) is 0 Å². The summed E-state index contributed by atoms with van der Waals surface area (Å²) in [6.07, 6.45) is 0.767. The molecule has 0 saturated heterocycles. The van der Waals surface area contributed by atoms with Crippen LogP contribution in [0.25, 0.3) is 10.9 Å². The first kappa shape index (κ1) is 13.8. The predicted octanol–water partition coefficient (Wildman–Crippen LogP) is 2.63. The molecule has 21 heavy (non-hydrogen) atoms. The Labute approximate surface area is 124 Å². The minimum atomic E-state index is 0.0597. The molecule has 2 aromatic carbocycles. The summed E-state index contributed by atoms with van der Waals surface area (Å²) in [5, 5.41) is 5.84. The van der Waals surface area contributed by atoms with E-state index in [0.717, 1.165) is 17.6 Å². The number of aromatic nitrogens is 2. The molecule has 0 amide bonds. The fourth-order valence-electron chi connectivity index (χ4n) is 2.87. The minimum Gasteiger partial charge on any atom is -0.271 e. The van der Waals surface area contributed by atoms with Crippen molar-refractivity contribution in [1.29, 1.82) is 0 Å². The molecule has 1 unspecified atom stereocenters. The molecular formula is C17H20N4. The predicted molar refractivity (Wildman–Crippen MR) is 85.7 cm³/mol. The Morgan fingerprint density at radius 3 is 2.62 bits per heavy atom. The highest BCUT2D eigenvalue weighted by Crippen LogP contribution is 2.25. The second kappa shape index (κ2) is 5.68. The van der Waals surface area contributed by atoms with E-state index in [2.05, 4.69) is 41.7 Å². The maximum Gasteiger partial charge on any atom is 0.0722 e. The summed E-state index contributed by atoms with van der Waals surface area (Å²) in [5.41, 5.74) is 7.60. The van der Waals surface area contributed by atoms with Gasteiger partial charge >= 0.3 is 0 Å². The van der Waals surface area contributed by atoms with E-state index in [-0.39, 0.29) is 6.04 Å². The third-order valence-electron chi connectivity index (χ3n) is 4.00. The molecule has 3 rings (SSSR count). The van der Waals surface area contributed by atoms with Crippen LogP contribution >= 0.6 is 0 Å². The Kier molecular flexibility index (Phi) is 3.73. The molecule has 0 spiro atoms. The third kappa shape index (κ3) is 2.55. The average molecular weight is 280 g/mol. The molecule has 4 heteroatoms. The summed E-state index contributed by atoms with van der Waals surface area (Å²) in [5.74, 6) is 5.79. The fraction of sp³-hybridized carbons (Fsp3) is 0.235. The van der Waals surface area contributed by atoms with Crippen molar-refractivity contribution in [3.63, 3.8) is 0 Å². The normalized spacial score (nSPS) is 12.7. The van der Waals surface area contributed by atoms with Crippen molar-refractivity contribution >= 4 is 10.9 Å². The summed E-state index contributed by atoms with van der Waals surface area (Å²) in [6, 6.07) is 16.7. The SMILES string of the molecule is Cc1ccccc1C(Cc1nn(C)c2ccccc12)NN. The highest BCUT2D eigenvalue weighted by Gasteiger charge is 2.16. The van der Waals surface area contributed by atoms with E-state index in [9.17, 15) is 0 Å². The number of hydrazine groups is 1. The first-order chi connectivity index (χ1) is 10.2. The van der Waals surface area contributed by atoms with Gasteiger partial charge in [0, 0.05) is 18.9 Å². The van der Waals surface area contributed by atoms with Crippen LogP contribution in [0.3, 0.4) is 0 Å². The molecule has 1 atom stereocenters. The van der Waals surface area contributed by atoms with Crippen LogP contribution in [0.5, 0.6) is 0 Å². The maximum absolute atomic E-state index is 5.79. The highest BCUT2D eigenvalue weighted by atomic mass is 15.3. The van der Waals surface area contributed by atoms with Crippen LogP contribution in [0.4, 0.5) is 0 Å². The van der Waals surface area contributed by atoms with Gasteiger partial charge < -0.3 is 0 Å². The zero-order valence-corrected chi connectivity index (χ0v) is 12.4. The van der Waals surface area contributed by atoms with E-state index in [1.165, 1.54) is 16.5 Å². The molecule has 0 fully saturated rings. The summed E-state index contributed by atoms with van der Waals surface area (Å²) in [7, 11) is 1.98. The molecule has 108 valence electrons. The number of benzene rings is 2. The van der Waals surface area contributed by atoms with Gasteiger partial charge in [0.05, 0.1) is 17.3 Å². The van der Waals surface area contributed by atoms with Gasteiger partial charge in [-0.05, 0) is 24.1 Å². The molecule has 0 aliphatic heterocycles. The van der Waals surface area contributed by atoms with Gasteiger partial charge in [0.1, 0.15) is 0 Å². The van der Waals surface area contributed by atoms with E-state index < -0.39 is 0 Å². The smallest absolute Gasteiger partial charge is 0.0722 e. The van der Waals surface area contributed by atoms with Crippen LogP contribution in [0.2, 0.25) is 0 Å². The summed E-state index contributed by atoms with van der Waals surface area (Å²) < 4.78 is 1.93. The number of hydrogen-bond acceptors (Lipinski definition) is 3. The number of para-hydroxylation sites is 1. The number of nitrogens with one attached hydrogen (secondary N) is 1. The first-order valence-corrected chi connectivity index (χ1v) is 7.13. The van der Waals surface area contributed by atoms with Gasteiger partial charge in [-0.3, -0.25) is 16.0 Å². The van der Waals surface area contributed by atoms with Crippen LogP contribution < -0.4 is 11.3 Å². The lowest BCUT2D eigenvalue weighted by Crippen LogP contribution is -2.30. The second-order valence-corrected chi connectivity index (χ2v) is 5.37. The van der Waals surface area contributed by atoms with E-state index in [1.54, 1.807) is 0 Å². The van der Waals surface area contributed by atoms with Gasteiger partial charge in [-0.15, -0.1) is 0 Å². The first-order valence-electron chi connectivity index (χ1n) is 7.13. The lowest BCUT2D eigenvalue weighted by Gasteiger charge is -2.17. The molecule has 3 N–H and O–H groups in total. The van der Waals surface area contributed by atoms with Crippen LogP contribution in [0.1, 0.15) is 22.9 Å². The minimum absolute atomic E-state index is 0.0597. The molecule has 0 saturated carbocycles. The number of fused-ring (bicyclic) bond motifs is 1. The fourth-order valence-corrected chi connectivity index (χ4v) is 2.87. The van der Waals surface area contributed by atoms with Crippen LogP contribution in [-0.4, -0.2) is 9.78 Å². The number of hydrogen-bond donors (Lipinski definition) is 2. The lowest BCUT2D eigenvalue weighted by molar-refractivity contribution is 0.540. The largest absolute Gasteiger partial charge is 0.271 e. The highest BCUT2D eigenvalue weighted by molar-refractivity contribution is 5.81. The van der Waals surface area contributed by atoms with Gasteiger partial charge in [0.15, 0.2) is 0 Å². The molecule has 0 aliphatic rings. The molecule has 1 heterocycles. The topological polar surface area (TPSA) is 55.9 Å². The van der Waals surface area contributed by atoms with E-state index in [0.29, 0.717) is 0 Å². The number of aryl methyl sites for hydroxylation is 2. The molecule has 0 bridgehead atoms. The van der Waals surface area contributed by atoms with Crippen molar-refractivity contribution in [3.05, 3.63) is 65.4 Å². The number of nitrogens with zero attached hydrogens (tertiary/aromatic N) is 2. The van der Waals surface area contributed by atoms with Crippen LogP contribution in [0.15, 0.2) is 48.5 Å². The second-order valence-electron chi connectivity index (χ2n) is 5.37. The maximum atomic E-state index is 5.79. The van der Waals surface area contributed by atoms with Gasteiger partial charge in [0.25, 0.3) is 0 Å². The summed E-state index contributed by atoms with van der Waals surface area (Å²) in [6.45, 7) is 2.11. The molecule has 1 aromatic heterocycles. The zero-order chi connectivity index (χ0) is 14.8. The Bertz CT molecular complexity index is 760. The van der Waals surface area contributed by atoms with E-state index >= 15 is 0 Å². The zero-order valence-electron chi connectivity index (χ0n) is 12.4. The van der Waals surface area contributed by atoms with Crippen molar-refractivity contribution in [2.45, 2.75) is 19.4 Å². The van der Waals surface area contributed by atoms with Gasteiger partial charge in [-0.25, -0.2) is 0 Å². The van der Waals surface area contributed by atoms with Gasteiger partial charge in [-0.1, -0.05) is 42.5 Å². The standard InChI is InChI=1S/C17H20N4/c1-12-7-3-4-8-13(12)15(19-18)11-16-14-9-5-6-10-17(14)21(2)20-16/h3-10,15,19H,11,18H2,1-2H3. The Morgan fingerprint density at radius 2 is 1.86 bits per heavy atom. The van der Waals surface area contributed by atoms with Crippen molar-refractivity contribution in [3.8, 4) is 0 Å². The Morgan fingerprint density at radius 1 is 1.14 bits per heavy atom. The quantitative estimate of drug-likeness (QED) is 0.570. The number of nitrogens with two attached hydrogens (primary N) is 1. The summed E-state index contributed by atoms with van der Waals surface area (Å²) in [4.78, 5) is 0. The Hall–Kier alpha value is -2.17. The van der Waals surface area contributed by atoms with Crippen molar-refractivity contribution < 1.29 is 0 Å². The third-order valence-corrected chi connectivity index (χ3v) is 4.00. The molecule has 4 nitrogen and oxygen atoms in total. The molecule has 3 aromatic rings. The Balaban J connectivity index is 1.99.